The second-order valence-electron chi connectivity index (χ2n) is 7.17. The molecular weight excluding hydrogens is 360 g/mol. The predicted octanol–water partition coefficient (Wildman–Crippen LogP) is 1.51. The van der Waals surface area contributed by atoms with Gasteiger partial charge in [-0.15, -0.1) is 0 Å². The molecule has 0 unspecified atom stereocenters. The van der Waals surface area contributed by atoms with E-state index in [0.29, 0.717) is 24.6 Å². The van der Waals surface area contributed by atoms with Crippen LogP contribution in [0.5, 0.6) is 11.5 Å². The Labute approximate surface area is 164 Å². The van der Waals surface area contributed by atoms with Crippen molar-refractivity contribution in [1.29, 1.82) is 0 Å². The molecule has 0 amide bonds. The van der Waals surface area contributed by atoms with Gasteiger partial charge in [-0.05, 0) is 25.0 Å². The van der Waals surface area contributed by atoms with E-state index in [-0.39, 0.29) is 12.6 Å². The average Bonchev–Trinajstić information content (AvgIpc) is 3.22. The minimum atomic E-state index is -0.718. The number of aliphatic hydroxyl groups is 2. The van der Waals surface area contributed by atoms with Crippen molar-refractivity contribution in [3.8, 4) is 11.5 Å². The number of ether oxygens (including phenoxy) is 2. The van der Waals surface area contributed by atoms with Crippen molar-refractivity contribution in [2.45, 2.75) is 31.5 Å². The van der Waals surface area contributed by atoms with Crippen LogP contribution in [0.15, 0.2) is 24.5 Å². The molecular formula is C20H26N4O4. The third-order valence-corrected chi connectivity index (χ3v) is 5.63. The van der Waals surface area contributed by atoms with Crippen LogP contribution in [-0.2, 0) is 6.54 Å². The van der Waals surface area contributed by atoms with Crippen LogP contribution in [-0.4, -0.2) is 60.1 Å². The highest BCUT2D eigenvalue weighted by Gasteiger charge is 2.31. The summed E-state index contributed by atoms with van der Waals surface area (Å²) in [5, 5.41) is 20.4. The van der Waals surface area contributed by atoms with Crippen molar-refractivity contribution >= 4 is 11.6 Å². The number of aliphatic hydroxyl groups excluding tert-OH is 2. The first-order valence-corrected chi connectivity index (χ1v) is 9.52. The highest BCUT2D eigenvalue weighted by Crippen LogP contribution is 2.40. The number of anilines is 2. The predicted molar refractivity (Wildman–Crippen MR) is 105 cm³/mol. The van der Waals surface area contributed by atoms with Crippen molar-refractivity contribution < 1.29 is 19.7 Å². The van der Waals surface area contributed by atoms with Crippen LogP contribution >= 0.6 is 0 Å². The fraction of sp³-hybridized carbons (Fsp3) is 0.500. The molecule has 0 bridgehead atoms. The Morgan fingerprint density at radius 3 is 2.64 bits per heavy atom. The highest BCUT2D eigenvalue weighted by atomic mass is 16.5. The molecule has 2 aromatic rings. The summed E-state index contributed by atoms with van der Waals surface area (Å²) in [6, 6.07) is 5.70. The van der Waals surface area contributed by atoms with Crippen molar-refractivity contribution in [2.24, 2.45) is 0 Å². The maximum Gasteiger partial charge on any atom is 0.134 e. The topological polar surface area (TPSA) is 91.2 Å². The van der Waals surface area contributed by atoms with Crippen molar-refractivity contribution in [3.63, 3.8) is 0 Å². The van der Waals surface area contributed by atoms with Gasteiger partial charge in [-0.3, -0.25) is 0 Å². The maximum absolute atomic E-state index is 10.8. The fourth-order valence-corrected chi connectivity index (χ4v) is 4.25. The molecule has 1 aromatic heterocycles. The lowest BCUT2D eigenvalue weighted by Gasteiger charge is -2.35. The van der Waals surface area contributed by atoms with E-state index in [1.807, 2.05) is 23.1 Å². The number of rotatable bonds is 5. The molecule has 2 N–H and O–H groups in total. The SMILES string of the molecule is COc1ccc(OC)c2c1CN(c1cc(N3CCC[C@H]3CO)ncn1)C[C@H]2O. The maximum atomic E-state index is 10.8. The zero-order valence-electron chi connectivity index (χ0n) is 16.2. The van der Waals surface area contributed by atoms with Gasteiger partial charge >= 0.3 is 0 Å². The minimum Gasteiger partial charge on any atom is -0.496 e. The molecule has 0 saturated carbocycles. The standard InChI is InChI=1S/C20H26N4O4/c1-27-16-5-6-17(28-2)20-14(16)9-23(10-15(20)26)18-8-19(22-12-21-18)24-7-3-4-13(24)11-25/h5-6,8,12-13,15,25-26H,3-4,7,9-11H2,1-2H3/t13-,15+/m0/s1. The lowest BCUT2D eigenvalue weighted by molar-refractivity contribution is 0.169. The number of aromatic nitrogens is 2. The van der Waals surface area contributed by atoms with Crippen LogP contribution in [0.4, 0.5) is 11.6 Å². The Bertz CT molecular complexity index is 847. The molecule has 28 heavy (non-hydrogen) atoms. The summed E-state index contributed by atoms with van der Waals surface area (Å²) < 4.78 is 11.0. The number of fused-ring (bicyclic) bond motifs is 1. The third-order valence-electron chi connectivity index (χ3n) is 5.63. The summed E-state index contributed by atoms with van der Waals surface area (Å²) in [7, 11) is 3.23. The van der Waals surface area contributed by atoms with E-state index >= 15 is 0 Å². The average molecular weight is 386 g/mol. The quantitative estimate of drug-likeness (QED) is 0.799. The van der Waals surface area contributed by atoms with Gasteiger partial charge in [0.1, 0.15) is 35.6 Å². The van der Waals surface area contributed by atoms with Gasteiger partial charge in [0.25, 0.3) is 0 Å². The van der Waals surface area contributed by atoms with Crippen LogP contribution in [0.1, 0.15) is 30.1 Å². The first-order valence-electron chi connectivity index (χ1n) is 9.52. The second kappa shape index (κ2) is 7.81. The molecule has 8 heteroatoms. The van der Waals surface area contributed by atoms with Gasteiger partial charge in [-0.2, -0.15) is 0 Å². The molecule has 0 radical (unpaired) electrons. The van der Waals surface area contributed by atoms with Crippen molar-refractivity contribution in [3.05, 3.63) is 35.7 Å². The van der Waals surface area contributed by atoms with Gasteiger partial charge in [-0.25, -0.2) is 9.97 Å². The Balaban J connectivity index is 1.66. The molecule has 4 rings (SSSR count). The van der Waals surface area contributed by atoms with Gasteiger partial charge in [0.2, 0.25) is 0 Å². The second-order valence-corrected chi connectivity index (χ2v) is 7.17. The summed E-state index contributed by atoms with van der Waals surface area (Å²) in [6.07, 6.45) is 2.83. The molecule has 3 heterocycles. The summed E-state index contributed by atoms with van der Waals surface area (Å²) in [4.78, 5) is 13.0. The van der Waals surface area contributed by atoms with E-state index in [1.165, 1.54) is 0 Å². The number of benzene rings is 1. The minimum absolute atomic E-state index is 0.0970. The number of methoxy groups -OCH3 is 2. The number of β-amino-alcohol motifs (C(OH)–C–C–N with tert-alkyl or cyclic N) is 1. The number of nitrogens with zero attached hydrogens (tertiary/aromatic N) is 4. The summed E-state index contributed by atoms with van der Waals surface area (Å²) in [6.45, 7) is 1.94. The Morgan fingerprint density at radius 2 is 1.89 bits per heavy atom. The fourth-order valence-electron chi connectivity index (χ4n) is 4.25. The Kier molecular flexibility index (Phi) is 5.23. The Hall–Kier alpha value is -2.58. The third kappa shape index (κ3) is 3.22. The molecule has 8 nitrogen and oxygen atoms in total. The molecule has 1 saturated heterocycles. The zero-order chi connectivity index (χ0) is 19.7. The van der Waals surface area contributed by atoms with Crippen LogP contribution in [0.3, 0.4) is 0 Å². The molecule has 0 aliphatic carbocycles. The monoisotopic (exact) mass is 386 g/mol. The Morgan fingerprint density at radius 1 is 1.14 bits per heavy atom. The van der Waals surface area contributed by atoms with Crippen molar-refractivity contribution in [1.82, 2.24) is 9.97 Å². The molecule has 0 spiro atoms. The summed E-state index contributed by atoms with van der Waals surface area (Å²) >= 11 is 0. The highest BCUT2D eigenvalue weighted by molar-refractivity contribution is 5.57. The normalized spacial score (nSPS) is 21.6. The van der Waals surface area contributed by atoms with Crippen LogP contribution in [0.2, 0.25) is 0 Å². The lowest BCUT2D eigenvalue weighted by atomic mass is 9.95. The van der Waals surface area contributed by atoms with Gasteiger partial charge in [0.05, 0.1) is 33.4 Å². The number of hydrogen-bond donors (Lipinski definition) is 2. The van der Waals surface area contributed by atoms with Crippen LogP contribution in [0.25, 0.3) is 0 Å². The zero-order valence-corrected chi connectivity index (χ0v) is 16.2. The number of hydrogen-bond acceptors (Lipinski definition) is 8. The van der Waals surface area contributed by atoms with Gasteiger partial charge in [-0.1, -0.05) is 0 Å². The van der Waals surface area contributed by atoms with E-state index in [1.54, 1.807) is 20.5 Å². The van der Waals surface area contributed by atoms with Crippen LogP contribution < -0.4 is 19.3 Å². The molecule has 2 aliphatic heterocycles. The van der Waals surface area contributed by atoms with Gasteiger partial charge in [0.15, 0.2) is 0 Å². The van der Waals surface area contributed by atoms with E-state index in [9.17, 15) is 10.2 Å². The largest absolute Gasteiger partial charge is 0.496 e. The molecule has 150 valence electrons. The molecule has 2 atom stereocenters. The van der Waals surface area contributed by atoms with E-state index in [2.05, 4.69) is 14.9 Å². The van der Waals surface area contributed by atoms with E-state index in [0.717, 1.165) is 42.1 Å². The summed E-state index contributed by atoms with van der Waals surface area (Å²) in [5.74, 6) is 2.92. The smallest absolute Gasteiger partial charge is 0.134 e. The first kappa shape index (κ1) is 18.8. The van der Waals surface area contributed by atoms with E-state index < -0.39 is 6.10 Å². The van der Waals surface area contributed by atoms with Gasteiger partial charge in [0, 0.05) is 30.3 Å². The molecule has 1 aromatic carbocycles. The molecule has 2 aliphatic rings. The van der Waals surface area contributed by atoms with Gasteiger partial charge < -0.3 is 29.5 Å². The molecule has 1 fully saturated rings. The van der Waals surface area contributed by atoms with Crippen LogP contribution in [0, 0.1) is 0 Å². The summed E-state index contributed by atoms with van der Waals surface area (Å²) in [5.41, 5.74) is 1.67. The van der Waals surface area contributed by atoms with Crippen molar-refractivity contribution in [2.75, 3.05) is 43.7 Å². The lowest BCUT2D eigenvalue weighted by Crippen LogP contribution is -2.36. The van der Waals surface area contributed by atoms with E-state index in [4.69, 9.17) is 9.47 Å². The first-order chi connectivity index (χ1) is 13.7.